The molecule has 1 aliphatic carbocycles. The standard InChI is InChI=1S/C20H32O5/c1-7-8-10-14(24-6)11-9-12-17(22)25-16-13-15(21)19(2,3)18(23)20(16,4)5/h13-14H,7-12H2,1-6H3. The first-order valence-electron chi connectivity index (χ1n) is 9.12. The number of carbonyl (C=O) groups excluding carboxylic acids is 3. The van der Waals surface area contributed by atoms with Gasteiger partial charge in [0.1, 0.15) is 5.76 Å². The lowest BCUT2D eigenvalue weighted by Crippen LogP contribution is -2.47. The minimum absolute atomic E-state index is 0.154. The van der Waals surface area contributed by atoms with Gasteiger partial charge in [0.2, 0.25) is 0 Å². The van der Waals surface area contributed by atoms with Crippen LogP contribution in [0, 0.1) is 10.8 Å². The Labute approximate surface area is 151 Å². The molecular weight excluding hydrogens is 320 g/mol. The fraction of sp³-hybridized carbons (Fsp3) is 0.750. The van der Waals surface area contributed by atoms with Crippen molar-refractivity contribution in [1.82, 2.24) is 0 Å². The van der Waals surface area contributed by atoms with Crippen molar-refractivity contribution in [2.24, 2.45) is 10.8 Å². The van der Waals surface area contributed by atoms with E-state index in [4.69, 9.17) is 9.47 Å². The zero-order chi connectivity index (χ0) is 19.3. The van der Waals surface area contributed by atoms with Crippen molar-refractivity contribution in [2.75, 3.05) is 7.11 Å². The molecule has 0 amide bonds. The smallest absolute Gasteiger partial charge is 0.310 e. The topological polar surface area (TPSA) is 69.7 Å². The number of hydrogen-bond donors (Lipinski definition) is 0. The highest BCUT2D eigenvalue weighted by Gasteiger charge is 2.50. The maximum Gasteiger partial charge on any atom is 0.310 e. The van der Waals surface area contributed by atoms with Gasteiger partial charge in [-0.05, 0) is 47.0 Å². The fourth-order valence-corrected chi connectivity index (χ4v) is 3.10. The summed E-state index contributed by atoms with van der Waals surface area (Å²) >= 11 is 0. The Bertz CT molecular complexity index is 542. The molecular formula is C20H32O5. The van der Waals surface area contributed by atoms with Crippen molar-refractivity contribution in [2.45, 2.75) is 79.2 Å². The number of hydrogen-bond acceptors (Lipinski definition) is 5. The second kappa shape index (κ2) is 8.75. The third-order valence-corrected chi connectivity index (χ3v) is 4.97. The van der Waals surface area contributed by atoms with Gasteiger partial charge in [-0.1, -0.05) is 19.8 Å². The zero-order valence-electron chi connectivity index (χ0n) is 16.4. The summed E-state index contributed by atoms with van der Waals surface area (Å²) < 4.78 is 10.8. The normalized spacial score (nSPS) is 20.2. The van der Waals surface area contributed by atoms with Crippen LogP contribution in [0.3, 0.4) is 0 Å². The van der Waals surface area contributed by atoms with E-state index in [1.54, 1.807) is 34.8 Å². The van der Waals surface area contributed by atoms with Gasteiger partial charge in [-0.2, -0.15) is 0 Å². The summed E-state index contributed by atoms with van der Waals surface area (Å²) in [6.07, 6.45) is 6.35. The summed E-state index contributed by atoms with van der Waals surface area (Å²) in [7, 11) is 1.69. The van der Waals surface area contributed by atoms with E-state index >= 15 is 0 Å². The third kappa shape index (κ3) is 5.24. The summed E-state index contributed by atoms with van der Waals surface area (Å²) in [4.78, 5) is 36.8. The van der Waals surface area contributed by atoms with Crippen molar-refractivity contribution in [1.29, 1.82) is 0 Å². The van der Waals surface area contributed by atoms with E-state index in [-0.39, 0.29) is 29.9 Å². The molecule has 1 atom stereocenters. The minimum Gasteiger partial charge on any atom is -0.430 e. The van der Waals surface area contributed by atoms with Crippen LogP contribution in [-0.4, -0.2) is 30.7 Å². The van der Waals surface area contributed by atoms with Crippen LogP contribution in [0.25, 0.3) is 0 Å². The monoisotopic (exact) mass is 352 g/mol. The fourth-order valence-electron chi connectivity index (χ4n) is 3.10. The molecule has 0 heterocycles. The van der Waals surface area contributed by atoms with Gasteiger partial charge in [0, 0.05) is 19.6 Å². The van der Waals surface area contributed by atoms with E-state index in [0.717, 1.165) is 25.7 Å². The quantitative estimate of drug-likeness (QED) is 0.463. The van der Waals surface area contributed by atoms with Crippen molar-refractivity contribution in [3.8, 4) is 0 Å². The molecule has 0 aromatic rings. The van der Waals surface area contributed by atoms with Gasteiger partial charge in [0.15, 0.2) is 11.6 Å². The number of unbranched alkanes of at least 4 members (excludes halogenated alkanes) is 1. The van der Waals surface area contributed by atoms with Crippen LogP contribution in [0.4, 0.5) is 0 Å². The molecule has 1 rings (SSSR count). The predicted octanol–water partition coefficient (Wildman–Crippen LogP) is 3.99. The number of rotatable bonds is 9. The van der Waals surface area contributed by atoms with Crippen LogP contribution in [0.5, 0.6) is 0 Å². The van der Waals surface area contributed by atoms with E-state index < -0.39 is 16.8 Å². The second-order valence-electron chi connectivity index (χ2n) is 7.82. The summed E-state index contributed by atoms with van der Waals surface area (Å²) in [5.74, 6) is -0.806. The number of Topliss-reactive ketones (excluding diaryl/α,β-unsaturated/α-hetero) is 1. The molecule has 0 spiro atoms. The van der Waals surface area contributed by atoms with Crippen molar-refractivity contribution in [3.05, 3.63) is 11.8 Å². The molecule has 1 unspecified atom stereocenters. The van der Waals surface area contributed by atoms with Crippen LogP contribution in [0.15, 0.2) is 11.8 Å². The molecule has 5 heteroatoms. The minimum atomic E-state index is -1.08. The first-order valence-corrected chi connectivity index (χ1v) is 9.12. The Morgan fingerprint density at radius 1 is 1.08 bits per heavy atom. The number of ether oxygens (including phenoxy) is 2. The Hall–Kier alpha value is -1.49. The molecule has 0 aromatic carbocycles. The highest BCUT2D eigenvalue weighted by molar-refractivity contribution is 6.16. The summed E-state index contributed by atoms with van der Waals surface area (Å²) in [5, 5.41) is 0. The molecule has 0 bridgehead atoms. The van der Waals surface area contributed by atoms with Gasteiger partial charge in [-0.3, -0.25) is 14.4 Å². The summed E-state index contributed by atoms with van der Waals surface area (Å²) in [6.45, 7) is 8.72. The average Bonchev–Trinajstić information content (AvgIpc) is 2.55. The largest absolute Gasteiger partial charge is 0.430 e. The maximum atomic E-state index is 12.5. The second-order valence-corrected chi connectivity index (χ2v) is 7.82. The van der Waals surface area contributed by atoms with Gasteiger partial charge in [-0.15, -0.1) is 0 Å². The van der Waals surface area contributed by atoms with Crippen LogP contribution in [-0.2, 0) is 23.9 Å². The van der Waals surface area contributed by atoms with E-state index in [9.17, 15) is 14.4 Å². The highest BCUT2D eigenvalue weighted by atomic mass is 16.5. The summed E-state index contributed by atoms with van der Waals surface area (Å²) in [6, 6.07) is 0. The zero-order valence-corrected chi connectivity index (χ0v) is 16.4. The lowest BCUT2D eigenvalue weighted by atomic mass is 9.66. The van der Waals surface area contributed by atoms with Gasteiger partial charge in [-0.25, -0.2) is 0 Å². The Balaban J connectivity index is 2.62. The van der Waals surface area contributed by atoms with Crippen LogP contribution < -0.4 is 0 Å². The van der Waals surface area contributed by atoms with E-state index in [1.165, 1.54) is 6.08 Å². The van der Waals surface area contributed by atoms with Gasteiger partial charge in [0.05, 0.1) is 16.9 Å². The number of esters is 1. The van der Waals surface area contributed by atoms with Crippen molar-refractivity contribution < 1.29 is 23.9 Å². The van der Waals surface area contributed by atoms with Crippen LogP contribution >= 0.6 is 0 Å². The van der Waals surface area contributed by atoms with Crippen molar-refractivity contribution in [3.63, 3.8) is 0 Å². The molecule has 0 radical (unpaired) electrons. The molecule has 1 aliphatic rings. The Kier molecular flexibility index (Phi) is 7.54. The van der Waals surface area contributed by atoms with E-state index in [0.29, 0.717) is 6.42 Å². The van der Waals surface area contributed by atoms with Gasteiger partial charge in [0.25, 0.3) is 0 Å². The number of ketones is 2. The molecule has 0 fully saturated rings. The summed E-state index contributed by atoms with van der Waals surface area (Å²) in [5.41, 5.74) is -2.06. The van der Waals surface area contributed by atoms with Crippen LogP contribution in [0.2, 0.25) is 0 Å². The number of carbonyl (C=O) groups is 3. The molecule has 25 heavy (non-hydrogen) atoms. The highest BCUT2D eigenvalue weighted by Crippen LogP contribution is 2.41. The van der Waals surface area contributed by atoms with E-state index in [2.05, 4.69) is 6.92 Å². The molecule has 5 nitrogen and oxygen atoms in total. The number of allylic oxidation sites excluding steroid dienone is 2. The molecule has 0 aromatic heterocycles. The molecule has 0 aliphatic heterocycles. The average molecular weight is 352 g/mol. The van der Waals surface area contributed by atoms with Crippen LogP contribution in [0.1, 0.15) is 73.1 Å². The lowest BCUT2D eigenvalue weighted by Gasteiger charge is -2.36. The first-order chi connectivity index (χ1) is 11.6. The van der Waals surface area contributed by atoms with E-state index in [1.807, 2.05) is 0 Å². The predicted molar refractivity (Wildman–Crippen MR) is 95.9 cm³/mol. The first kappa shape index (κ1) is 21.6. The van der Waals surface area contributed by atoms with Gasteiger partial charge >= 0.3 is 5.97 Å². The Morgan fingerprint density at radius 2 is 1.68 bits per heavy atom. The van der Waals surface area contributed by atoms with Crippen molar-refractivity contribution >= 4 is 17.5 Å². The maximum absolute atomic E-state index is 12.5. The SMILES string of the molecule is CCCCC(CCCC(=O)OC1=CC(=O)C(C)(C)C(=O)C1(C)C)OC. The molecule has 0 saturated heterocycles. The van der Waals surface area contributed by atoms with Gasteiger partial charge < -0.3 is 9.47 Å². The Morgan fingerprint density at radius 3 is 2.24 bits per heavy atom. The number of methoxy groups -OCH3 is 1. The molecule has 0 N–H and O–H groups in total. The lowest BCUT2D eigenvalue weighted by molar-refractivity contribution is -0.148. The molecule has 0 saturated carbocycles. The molecule has 142 valence electrons. The third-order valence-electron chi connectivity index (χ3n) is 4.97.